The molecular formula is C32H40N6O4. The van der Waals surface area contributed by atoms with Crippen LogP contribution in [0.4, 0.5) is 11.4 Å². The van der Waals surface area contributed by atoms with Crippen LogP contribution in [0.5, 0.6) is 0 Å². The van der Waals surface area contributed by atoms with Crippen molar-refractivity contribution < 1.29 is 19.2 Å². The minimum atomic E-state index is -0.956. The predicted octanol–water partition coefficient (Wildman–Crippen LogP) is 5.10. The van der Waals surface area contributed by atoms with Gasteiger partial charge in [0, 0.05) is 23.2 Å². The van der Waals surface area contributed by atoms with Crippen LogP contribution in [-0.4, -0.2) is 35.1 Å². The Labute approximate surface area is 246 Å². The lowest BCUT2D eigenvalue weighted by Crippen LogP contribution is -2.36. The Bertz CT molecular complexity index is 1220. The highest BCUT2D eigenvalue weighted by atomic mass is 16.2. The number of carbonyl (C=O) groups excluding carboxylic acids is 4. The van der Waals surface area contributed by atoms with Crippen LogP contribution in [0.1, 0.15) is 89.2 Å². The number of amides is 4. The topological polar surface area (TPSA) is 141 Å². The van der Waals surface area contributed by atoms with E-state index in [2.05, 4.69) is 31.7 Å². The summed E-state index contributed by atoms with van der Waals surface area (Å²) < 4.78 is 0. The van der Waals surface area contributed by atoms with Crippen LogP contribution in [0.15, 0.2) is 58.7 Å². The molecule has 0 bridgehead atoms. The minimum Gasteiger partial charge on any atom is -0.326 e. The van der Waals surface area contributed by atoms with Gasteiger partial charge in [0.05, 0.1) is 11.4 Å². The molecule has 0 radical (unpaired) electrons. The largest absolute Gasteiger partial charge is 0.331 e. The summed E-state index contributed by atoms with van der Waals surface area (Å²) >= 11 is 0. The molecule has 222 valence electrons. The number of anilines is 2. The lowest BCUT2D eigenvalue weighted by atomic mass is 9.88. The molecule has 0 atom stereocenters. The van der Waals surface area contributed by atoms with Crippen molar-refractivity contribution in [2.75, 3.05) is 10.6 Å². The van der Waals surface area contributed by atoms with Gasteiger partial charge in [-0.05, 0) is 74.9 Å². The first kappa shape index (κ1) is 30.6. The van der Waals surface area contributed by atoms with Gasteiger partial charge < -0.3 is 10.6 Å². The number of nitrogens with zero attached hydrogens (tertiary/aromatic N) is 2. The molecule has 2 aromatic rings. The summed E-state index contributed by atoms with van der Waals surface area (Å²) in [6.07, 6.45) is 10.5. The summed E-state index contributed by atoms with van der Waals surface area (Å²) in [7, 11) is 0. The summed E-state index contributed by atoms with van der Waals surface area (Å²) in [5, 5.41) is 14.0. The average molecular weight is 573 g/mol. The van der Waals surface area contributed by atoms with Crippen molar-refractivity contribution in [3.8, 4) is 0 Å². The van der Waals surface area contributed by atoms with Gasteiger partial charge in [0.25, 0.3) is 0 Å². The van der Waals surface area contributed by atoms with Gasteiger partial charge in [0.1, 0.15) is 0 Å². The lowest BCUT2D eigenvalue weighted by Gasteiger charge is -2.20. The highest BCUT2D eigenvalue weighted by molar-refractivity contribution is 6.35. The number of hydrazone groups is 2. The van der Waals surface area contributed by atoms with Crippen LogP contribution < -0.4 is 21.5 Å². The molecule has 10 nitrogen and oxygen atoms in total. The van der Waals surface area contributed by atoms with E-state index in [1.165, 1.54) is 12.8 Å². The molecule has 42 heavy (non-hydrogen) atoms. The fraction of sp³-hybridized carbons (Fsp3) is 0.438. The van der Waals surface area contributed by atoms with E-state index in [9.17, 15) is 19.2 Å². The zero-order valence-electron chi connectivity index (χ0n) is 24.4. The molecule has 0 aromatic heterocycles. The second-order valence-corrected chi connectivity index (χ2v) is 11.1. The quantitative estimate of drug-likeness (QED) is 0.198. The van der Waals surface area contributed by atoms with Gasteiger partial charge in [-0.1, -0.05) is 62.8 Å². The SMILES string of the molecule is CC(=NNC(=O)C(=O)NN=C(C)c1ccc(NC(=O)C2CCCCC2)cc1)c1ccc(NC(=O)C2CCCCC2)cc1. The van der Waals surface area contributed by atoms with E-state index in [1.54, 1.807) is 62.4 Å². The van der Waals surface area contributed by atoms with Gasteiger partial charge >= 0.3 is 11.8 Å². The number of carbonyl (C=O) groups is 4. The molecule has 0 unspecified atom stereocenters. The molecule has 0 heterocycles. The smallest absolute Gasteiger partial charge is 0.326 e. The summed E-state index contributed by atoms with van der Waals surface area (Å²) in [5.74, 6) is -1.66. The second kappa shape index (κ2) is 15.0. The van der Waals surface area contributed by atoms with Crippen molar-refractivity contribution in [3.63, 3.8) is 0 Å². The van der Waals surface area contributed by atoms with E-state index in [1.807, 2.05) is 0 Å². The third-order valence-electron chi connectivity index (χ3n) is 7.95. The van der Waals surface area contributed by atoms with Crippen LogP contribution in [0.3, 0.4) is 0 Å². The van der Waals surface area contributed by atoms with Crippen molar-refractivity contribution in [1.82, 2.24) is 10.9 Å². The van der Waals surface area contributed by atoms with Crippen molar-refractivity contribution >= 4 is 46.4 Å². The van der Waals surface area contributed by atoms with E-state index in [0.717, 1.165) is 62.5 Å². The zero-order chi connectivity index (χ0) is 29.9. The third kappa shape index (κ3) is 8.83. The van der Waals surface area contributed by atoms with Gasteiger partial charge in [0.15, 0.2) is 0 Å². The molecule has 2 saturated carbocycles. The highest BCUT2D eigenvalue weighted by Gasteiger charge is 2.22. The van der Waals surface area contributed by atoms with Crippen molar-refractivity contribution in [2.45, 2.75) is 78.1 Å². The molecule has 2 aliphatic rings. The van der Waals surface area contributed by atoms with Gasteiger partial charge in [-0.25, -0.2) is 10.9 Å². The first-order chi connectivity index (χ1) is 20.3. The van der Waals surface area contributed by atoms with Gasteiger partial charge in [-0.2, -0.15) is 10.2 Å². The summed E-state index contributed by atoms with van der Waals surface area (Å²) in [6.45, 7) is 3.41. The maximum atomic E-state index is 12.5. The van der Waals surface area contributed by atoms with Crippen molar-refractivity contribution in [1.29, 1.82) is 0 Å². The minimum absolute atomic E-state index is 0.0550. The van der Waals surface area contributed by atoms with E-state index < -0.39 is 11.8 Å². The summed E-state index contributed by atoms with van der Waals surface area (Å²) in [6, 6.07) is 14.3. The summed E-state index contributed by atoms with van der Waals surface area (Å²) in [5.41, 5.74) is 8.36. The van der Waals surface area contributed by atoms with E-state index >= 15 is 0 Å². The Hall–Kier alpha value is -4.34. The standard InChI is InChI=1S/C32H40N6O4/c1-21(23-13-17-27(18-14-23)33-29(39)25-9-5-3-6-10-25)35-37-31(41)32(42)38-36-22(2)24-15-19-28(20-16-24)34-30(40)26-11-7-4-8-12-26/h13-20,25-26H,3-12H2,1-2H3,(H,33,39)(H,34,40)(H,37,41)(H,38,42). The van der Waals surface area contributed by atoms with E-state index in [0.29, 0.717) is 22.8 Å². The fourth-order valence-electron chi connectivity index (χ4n) is 5.31. The first-order valence-electron chi connectivity index (χ1n) is 14.8. The molecular weight excluding hydrogens is 532 g/mol. The number of rotatable bonds is 8. The number of nitrogens with one attached hydrogen (secondary N) is 4. The number of benzene rings is 2. The fourth-order valence-corrected chi connectivity index (χ4v) is 5.31. The Balaban J connectivity index is 1.23. The molecule has 0 saturated heterocycles. The number of hydrogen-bond acceptors (Lipinski definition) is 6. The van der Waals surface area contributed by atoms with Crippen LogP contribution >= 0.6 is 0 Å². The molecule has 4 rings (SSSR count). The van der Waals surface area contributed by atoms with E-state index in [-0.39, 0.29) is 23.7 Å². The predicted molar refractivity (Wildman–Crippen MR) is 164 cm³/mol. The van der Waals surface area contributed by atoms with E-state index in [4.69, 9.17) is 0 Å². The first-order valence-corrected chi connectivity index (χ1v) is 14.8. The van der Waals surface area contributed by atoms with Crippen molar-refractivity contribution in [2.24, 2.45) is 22.0 Å². The van der Waals surface area contributed by atoms with Crippen molar-refractivity contribution in [3.05, 3.63) is 59.7 Å². The van der Waals surface area contributed by atoms with Crippen LogP contribution in [0.2, 0.25) is 0 Å². The maximum Gasteiger partial charge on any atom is 0.331 e. The van der Waals surface area contributed by atoms with Gasteiger partial charge in [0.2, 0.25) is 11.8 Å². The molecule has 10 heteroatoms. The zero-order valence-corrected chi connectivity index (χ0v) is 24.4. The molecule has 4 amide bonds. The lowest BCUT2D eigenvalue weighted by molar-refractivity contribution is -0.139. The maximum absolute atomic E-state index is 12.5. The highest BCUT2D eigenvalue weighted by Crippen LogP contribution is 2.26. The van der Waals surface area contributed by atoms with Gasteiger partial charge in [-0.3, -0.25) is 19.2 Å². The normalized spacial score (nSPS) is 16.8. The molecule has 2 aromatic carbocycles. The Morgan fingerprint density at radius 1 is 0.548 bits per heavy atom. The molecule has 0 aliphatic heterocycles. The Morgan fingerprint density at radius 2 is 0.881 bits per heavy atom. The molecule has 4 N–H and O–H groups in total. The van der Waals surface area contributed by atoms with Crippen LogP contribution in [0.25, 0.3) is 0 Å². The van der Waals surface area contributed by atoms with Gasteiger partial charge in [-0.15, -0.1) is 0 Å². The third-order valence-corrected chi connectivity index (χ3v) is 7.95. The molecule has 2 aliphatic carbocycles. The number of hydrogen-bond donors (Lipinski definition) is 4. The summed E-state index contributed by atoms with van der Waals surface area (Å²) in [4.78, 5) is 49.4. The Morgan fingerprint density at radius 3 is 1.21 bits per heavy atom. The second-order valence-electron chi connectivity index (χ2n) is 11.1. The molecule has 0 spiro atoms. The van der Waals surface area contributed by atoms with Crippen LogP contribution in [0, 0.1) is 11.8 Å². The molecule has 2 fully saturated rings. The monoisotopic (exact) mass is 572 g/mol. The van der Waals surface area contributed by atoms with Crippen LogP contribution in [-0.2, 0) is 19.2 Å². The Kier molecular flexibility index (Phi) is 11.0. The average Bonchev–Trinajstić information content (AvgIpc) is 3.03.